The van der Waals surface area contributed by atoms with Crippen LogP contribution in [0, 0.1) is 0 Å². The molecule has 0 radical (unpaired) electrons. The van der Waals surface area contributed by atoms with E-state index in [2.05, 4.69) is 36.5 Å². The van der Waals surface area contributed by atoms with Crippen LogP contribution in [0.15, 0.2) is 41.0 Å². The smallest absolute Gasteiger partial charge is 0.224 e. The Balaban J connectivity index is 1.45. The van der Waals surface area contributed by atoms with E-state index in [1.54, 1.807) is 6.20 Å². The molecule has 1 saturated carbocycles. The number of hydrogen-bond acceptors (Lipinski definition) is 5. The van der Waals surface area contributed by atoms with Gasteiger partial charge in [0.2, 0.25) is 11.9 Å². The van der Waals surface area contributed by atoms with Crippen molar-refractivity contribution in [2.45, 2.75) is 44.2 Å². The van der Waals surface area contributed by atoms with Crippen molar-refractivity contribution in [1.82, 2.24) is 15.3 Å². The fourth-order valence-electron chi connectivity index (χ4n) is 3.33. The highest BCUT2D eigenvalue weighted by Crippen LogP contribution is 2.22. The minimum absolute atomic E-state index is 0.0836. The summed E-state index contributed by atoms with van der Waals surface area (Å²) in [5.41, 5.74) is 1.02. The molecule has 6 nitrogen and oxygen atoms in total. The number of halogens is 1. The summed E-state index contributed by atoms with van der Waals surface area (Å²) in [6.07, 6.45) is 6.10. The van der Waals surface area contributed by atoms with Gasteiger partial charge in [0.05, 0.1) is 6.42 Å². The Bertz CT molecular complexity index is 774. The van der Waals surface area contributed by atoms with Gasteiger partial charge in [-0.25, -0.2) is 4.98 Å². The fourth-order valence-corrected chi connectivity index (χ4v) is 3.75. The van der Waals surface area contributed by atoms with Crippen LogP contribution in [0.5, 0.6) is 0 Å². The maximum atomic E-state index is 12.3. The predicted molar refractivity (Wildman–Crippen MR) is 112 cm³/mol. The summed E-state index contributed by atoms with van der Waals surface area (Å²) in [4.78, 5) is 23.1. The molecule has 7 heteroatoms. The predicted octanol–water partition coefficient (Wildman–Crippen LogP) is 3.39. The second kappa shape index (κ2) is 9.17. The van der Waals surface area contributed by atoms with Crippen LogP contribution in [-0.2, 0) is 11.2 Å². The summed E-state index contributed by atoms with van der Waals surface area (Å²) >= 11 is 3.50. The summed E-state index contributed by atoms with van der Waals surface area (Å²) in [5, 5.41) is 6.61. The molecule has 144 valence electrons. The number of carbonyl (C=O) groups is 1. The molecule has 1 aromatic carbocycles. The van der Waals surface area contributed by atoms with Crippen molar-refractivity contribution in [3.8, 4) is 0 Å². The zero-order valence-corrected chi connectivity index (χ0v) is 17.4. The Morgan fingerprint density at radius 3 is 2.56 bits per heavy atom. The van der Waals surface area contributed by atoms with Gasteiger partial charge in [0.15, 0.2) is 0 Å². The van der Waals surface area contributed by atoms with Crippen molar-refractivity contribution in [3.63, 3.8) is 0 Å². The van der Waals surface area contributed by atoms with Crippen LogP contribution < -0.4 is 15.5 Å². The van der Waals surface area contributed by atoms with E-state index in [1.165, 1.54) is 0 Å². The molecule has 1 amide bonds. The van der Waals surface area contributed by atoms with E-state index in [4.69, 9.17) is 0 Å². The second-order valence-corrected chi connectivity index (χ2v) is 8.02. The summed E-state index contributed by atoms with van der Waals surface area (Å²) < 4.78 is 0.980. The van der Waals surface area contributed by atoms with Gasteiger partial charge in [0.1, 0.15) is 5.82 Å². The average molecular weight is 432 g/mol. The topological polar surface area (TPSA) is 70.2 Å². The monoisotopic (exact) mass is 431 g/mol. The number of nitrogens with zero attached hydrogens (tertiary/aromatic N) is 3. The Labute approximate surface area is 168 Å². The zero-order chi connectivity index (χ0) is 19.2. The van der Waals surface area contributed by atoms with Crippen molar-refractivity contribution in [2.75, 3.05) is 24.3 Å². The minimum Gasteiger partial charge on any atom is -0.363 e. The Hall–Kier alpha value is -2.15. The summed E-state index contributed by atoms with van der Waals surface area (Å²) in [7, 11) is 3.93. The molecule has 1 heterocycles. The van der Waals surface area contributed by atoms with E-state index in [-0.39, 0.29) is 11.9 Å². The molecule has 27 heavy (non-hydrogen) atoms. The lowest BCUT2D eigenvalue weighted by atomic mass is 9.91. The summed E-state index contributed by atoms with van der Waals surface area (Å²) in [5.74, 6) is 1.64. The lowest BCUT2D eigenvalue weighted by Crippen LogP contribution is -2.41. The van der Waals surface area contributed by atoms with Gasteiger partial charge >= 0.3 is 0 Å². The normalized spacial score (nSPS) is 19.4. The van der Waals surface area contributed by atoms with Crippen LogP contribution >= 0.6 is 15.9 Å². The Kier molecular flexibility index (Phi) is 6.66. The van der Waals surface area contributed by atoms with E-state index >= 15 is 0 Å². The summed E-state index contributed by atoms with van der Waals surface area (Å²) in [6, 6.07) is 10.3. The number of carbonyl (C=O) groups excluding carboxylic acids is 1. The van der Waals surface area contributed by atoms with Crippen molar-refractivity contribution in [2.24, 2.45) is 0 Å². The quantitative estimate of drug-likeness (QED) is 0.733. The van der Waals surface area contributed by atoms with Gasteiger partial charge in [-0.1, -0.05) is 34.1 Å². The van der Waals surface area contributed by atoms with E-state index < -0.39 is 0 Å². The maximum Gasteiger partial charge on any atom is 0.224 e. The number of nitrogens with one attached hydrogen (secondary N) is 2. The first kappa shape index (κ1) is 19.6. The zero-order valence-electron chi connectivity index (χ0n) is 15.8. The molecule has 1 aliphatic rings. The molecule has 0 unspecified atom stereocenters. The largest absolute Gasteiger partial charge is 0.363 e. The molecular weight excluding hydrogens is 406 g/mol. The first-order chi connectivity index (χ1) is 13.0. The van der Waals surface area contributed by atoms with Gasteiger partial charge in [-0.15, -0.1) is 0 Å². The molecule has 1 fully saturated rings. The molecular formula is C20H26BrN5O. The van der Waals surface area contributed by atoms with Gasteiger partial charge in [0.25, 0.3) is 0 Å². The SMILES string of the molecule is CN(C)c1ccnc(NC2CCC(NC(=O)Cc3ccccc3Br)CC2)n1. The van der Waals surface area contributed by atoms with Gasteiger partial charge in [-0.05, 0) is 43.4 Å². The molecule has 0 spiro atoms. The lowest BCUT2D eigenvalue weighted by Gasteiger charge is -2.29. The first-order valence-corrected chi connectivity index (χ1v) is 10.1. The lowest BCUT2D eigenvalue weighted by molar-refractivity contribution is -0.121. The van der Waals surface area contributed by atoms with Crippen molar-refractivity contribution < 1.29 is 4.79 Å². The molecule has 0 bridgehead atoms. The van der Waals surface area contributed by atoms with Crippen molar-refractivity contribution >= 4 is 33.6 Å². The molecule has 2 N–H and O–H groups in total. The highest BCUT2D eigenvalue weighted by molar-refractivity contribution is 9.10. The van der Waals surface area contributed by atoms with Crippen LogP contribution in [0.25, 0.3) is 0 Å². The highest BCUT2D eigenvalue weighted by Gasteiger charge is 2.23. The van der Waals surface area contributed by atoms with Gasteiger partial charge < -0.3 is 15.5 Å². The number of hydrogen-bond donors (Lipinski definition) is 2. The van der Waals surface area contributed by atoms with Crippen LogP contribution in [-0.4, -0.2) is 42.1 Å². The molecule has 0 saturated heterocycles. The molecule has 2 aromatic rings. The number of aromatic nitrogens is 2. The molecule has 3 rings (SSSR count). The van der Waals surface area contributed by atoms with E-state index in [0.29, 0.717) is 18.4 Å². The van der Waals surface area contributed by atoms with Gasteiger partial charge in [-0.3, -0.25) is 4.79 Å². The van der Waals surface area contributed by atoms with Gasteiger partial charge in [-0.2, -0.15) is 4.98 Å². The maximum absolute atomic E-state index is 12.3. The Morgan fingerprint density at radius 2 is 1.85 bits per heavy atom. The standard InChI is InChI=1S/C20H26BrN5O/c1-26(2)18-11-12-22-20(25-18)24-16-9-7-15(8-10-16)23-19(27)13-14-5-3-4-6-17(14)21/h3-6,11-12,15-16H,7-10,13H2,1-2H3,(H,23,27)(H,22,24,25). The van der Waals surface area contributed by atoms with E-state index in [0.717, 1.165) is 41.5 Å². The van der Waals surface area contributed by atoms with Crippen LogP contribution in [0.1, 0.15) is 31.2 Å². The fraction of sp³-hybridized carbons (Fsp3) is 0.450. The minimum atomic E-state index is 0.0836. The highest BCUT2D eigenvalue weighted by atomic mass is 79.9. The molecule has 1 aliphatic carbocycles. The van der Waals surface area contributed by atoms with Crippen LogP contribution in [0.3, 0.4) is 0 Å². The Morgan fingerprint density at radius 1 is 1.15 bits per heavy atom. The number of amides is 1. The van der Waals surface area contributed by atoms with Crippen molar-refractivity contribution in [3.05, 3.63) is 46.6 Å². The first-order valence-electron chi connectivity index (χ1n) is 9.31. The third-order valence-electron chi connectivity index (χ3n) is 4.83. The molecule has 0 aliphatic heterocycles. The third-order valence-corrected chi connectivity index (χ3v) is 5.61. The third kappa shape index (κ3) is 5.66. The molecule has 1 aromatic heterocycles. The number of benzene rings is 1. The average Bonchev–Trinajstić information content (AvgIpc) is 2.65. The van der Waals surface area contributed by atoms with Crippen molar-refractivity contribution in [1.29, 1.82) is 0 Å². The van der Waals surface area contributed by atoms with Gasteiger partial charge in [0, 0.05) is 36.8 Å². The van der Waals surface area contributed by atoms with Crippen LogP contribution in [0.4, 0.5) is 11.8 Å². The number of anilines is 2. The molecule has 0 atom stereocenters. The van der Waals surface area contributed by atoms with E-state index in [1.807, 2.05) is 49.3 Å². The van der Waals surface area contributed by atoms with E-state index in [9.17, 15) is 4.79 Å². The van der Waals surface area contributed by atoms with Crippen LogP contribution in [0.2, 0.25) is 0 Å². The summed E-state index contributed by atoms with van der Waals surface area (Å²) in [6.45, 7) is 0. The second-order valence-electron chi connectivity index (χ2n) is 7.16. The number of rotatable bonds is 6.